The maximum Gasteiger partial charge on any atom is 0.143 e. The van der Waals surface area contributed by atoms with Crippen molar-refractivity contribution >= 4 is 5.69 Å². The number of halogens is 1. The van der Waals surface area contributed by atoms with Gasteiger partial charge in [0.1, 0.15) is 11.9 Å². The van der Waals surface area contributed by atoms with Gasteiger partial charge in [-0.25, -0.2) is 4.39 Å². The second-order valence-corrected chi connectivity index (χ2v) is 3.47. The van der Waals surface area contributed by atoms with E-state index in [1.807, 2.05) is 19.9 Å². The van der Waals surface area contributed by atoms with Gasteiger partial charge in [0.15, 0.2) is 0 Å². The minimum absolute atomic E-state index is 0.0720. The molecule has 0 aromatic heterocycles. The Morgan fingerprint density at radius 3 is 2.80 bits per heavy atom. The number of benzene rings is 1. The van der Waals surface area contributed by atoms with Crippen LogP contribution in [0.2, 0.25) is 0 Å². The molecule has 1 aromatic carbocycles. The second kappa shape index (κ2) is 5.16. The van der Waals surface area contributed by atoms with E-state index in [0.717, 1.165) is 0 Å². The molecule has 0 aliphatic carbocycles. The predicted octanol–water partition coefficient (Wildman–Crippen LogP) is 3.08. The topological polar surface area (TPSA) is 35.8 Å². The molecule has 0 aliphatic heterocycles. The molecule has 0 amide bonds. The average Bonchev–Trinajstić information content (AvgIpc) is 2.17. The van der Waals surface area contributed by atoms with Crippen LogP contribution >= 0.6 is 0 Å². The van der Waals surface area contributed by atoms with Crippen LogP contribution in [0, 0.1) is 17.1 Å². The van der Waals surface area contributed by atoms with E-state index in [1.165, 1.54) is 17.7 Å². The zero-order valence-electron chi connectivity index (χ0n) is 8.84. The third-order valence-electron chi connectivity index (χ3n) is 1.91. The molecule has 15 heavy (non-hydrogen) atoms. The fraction of sp³-hybridized carbons (Fsp3) is 0.250. The molecule has 0 fully saturated rings. The highest BCUT2D eigenvalue weighted by molar-refractivity contribution is 5.48. The number of nitriles is 1. The molecule has 0 unspecified atom stereocenters. The van der Waals surface area contributed by atoms with Crippen molar-refractivity contribution in [3.63, 3.8) is 0 Å². The summed E-state index contributed by atoms with van der Waals surface area (Å²) in [5, 5.41) is 11.6. The largest absolute Gasteiger partial charge is 0.381 e. The molecule has 0 radical (unpaired) electrons. The number of nitrogens with zero attached hydrogens (tertiary/aromatic N) is 1. The van der Waals surface area contributed by atoms with E-state index in [2.05, 4.69) is 5.32 Å². The number of nitrogens with one attached hydrogen (secondary N) is 1. The van der Waals surface area contributed by atoms with Crippen molar-refractivity contribution in [3.8, 4) is 6.07 Å². The van der Waals surface area contributed by atoms with Crippen LogP contribution < -0.4 is 5.32 Å². The molecule has 78 valence electrons. The fourth-order valence-corrected chi connectivity index (χ4v) is 1.09. The molecule has 0 aliphatic rings. The van der Waals surface area contributed by atoms with Gasteiger partial charge in [0.2, 0.25) is 0 Å². The van der Waals surface area contributed by atoms with Crippen LogP contribution in [-0.4, -0.2) is 6.54 Å². The van der Waals surface area contributed by atoms with Gasteiger partial charge >= 0.3 is 0 Å². The summed E-state index contributed by atoms with van der Waals surface area (Å²) in [4.78, 5) is 0. The SMILES string of the molecule is CC(C)=CCNc1ccc(C#N)c(F)c1. The zero-order valence-corrected chi connectivity index (χ0v) is 8.84. The summed E-state index contributed by atoms with van der Waals surface area (Å²) in [5.74, 6) is -0.486. The number of anilines is 1. The van der Waals surface area contributed by atoms with Gasteiger partial charge in [0, 0.05) is 12.2 Å². The minimum Gasteiger partial charge on any atom is -0.381 e. The first-order chi connectivity index (χ1) is 7.13. The Bertz CT molecular complexity index is 412. The van der Waals surface area contributed by atoms with Gasteiger partial charge in [-0.15, -0.1) is 0 Å². The van der Waals surface area contributed by atoms with Gasteiger partial charge in [-0.1, -0.05) is 11.6 Å². The van der Waals surface area contributed by atoms with Gasteiger partial charge in [-0.2, -0.15) is 5.26 Å². The number of hydrogen-bond acceptors (Lipinski definition) is 2. The summed E-state index contributed by atoms with van der Waals surface area (Å²) in [7, 11) is 0. The molecule has 1 aromatic rings. The van der Waals surface area contributed by atoms with Crippen molar-refractivity contribution in [3.05, 3.63) is 41.2 Å². The monoisotopic (exact) mass is 204 g/mol. The molecule has 1 N–H and O–H groups in total. The van der Waals surface area contributed by atoms with Crippen molar-refractivity contribution < 1.29 is 4.39 Å². The lowest BCUT2D eigenvalue weighted by atomic mass is 10.2. The summed E-state index contributed by atoms with van der Waals surface area (Å²) in [6, 6.07) is 6.28. The summed E-state index contributed by atoms with van der Waals surface area (Å²) in [5.41, 5.74) is 1.96. The Balaban J connectivity index is 2.69. The van der Waals surface area contributed by atoms with Crippen molar-refractivity contribution in [1.82, 2.24) is 0 Å². The average molecular weight is 204 g/mol. The molecule has 3 heteroatoms. The van der Waals surface area contributed by atoms with Crippen LogP contribution in [0.4, 0.5) is 10.1 Å². The summed E-state index contributed by atoms with van der Waals surface area (Å²) >= 11 is 0. The van der Waals surface area contributed by atoms with Crippen LogP contribution in [0.3, 0.4) is 0 Å². The first kappa shape index (κ1) is 11.3. The quantitative estimate of drug-likeness (QED) is 0.768. The van der Waals surface area contributed by atoms with Gasteiger partial charge in [-0.3, -0.25) is 0 Å². The van der Waals surface area contributed by atoms with Crippen molar-refractivity contribution in [1.29, 1.82) is 5.26 Å². The lowest BCUT2D eigenvalue weighted by Gasteiger charge is -2.04. The lowest BCUT2D eigenvalue weighted by Crippen LogP contribution is -1.99. The van der Waals surface area contributed by atoms with Crippen molar-refractivity contribution in [2.45, 2.75) is 13.8 Å². The Morgan fingerprint density at radius 2 is 2.27 bits per heavy atom. The van der Waals surface area contributed by atoms with Gasteiger partial charge in [-0.05, 0) is 32.0 Å². The molecule has 0 saturated carbocycles. The molecule has 2 nitrogen and oxygen atoms in total. The Kier molecular flexibility index (Phi) is 3.87. The maximum atomic E-state index is 13.2. The highest BCUT2D eigenvalue weighted by Gasteiger charge is 2.01. The van der Waals surface area contributed by atoms with Crippen molar-refractivity contribution in [2.24, 2.45) is 0 Å². The Hall–Kier alpha value is -1.82. The van der Waals surface area contributed by atoms with Crippen LogP contribution in [0.5, 0.6) is 0 Å². The molecule has 0 bridgehead atoms. The van der Waals surface area contributed by atoms with E-state index < -0.39 is 5.82 Å². The molecule has 0 spiro atoms. The van der Waals surface area contributed by atoms with E-state index in [-0.39, 0.29) is 5.56 Å². The third-order valence-corrected chi connectivity index (χ3v) is 1.91. The molecule has 1 rings (SSSR count). The molecule has 0 saturated heterocycles. The van der Waals surface area contributed by atoms with E-state index in [1.54, 1.807) is 12.1 Å². The third kappa shape index (κ3) is 3.43. The first-order valence-electron chi connectivity index (χ1n) is 4.70. The Morgan fingerprint density at radius 1 is 1.53 bits per heavy atom. The lowest BCUT2D eigenvalue weighted by molar-refractivity contribution is 0.624. The molecule has 0 heterocycles. The second-order valence-electron chi connectivity index (χ2n) is 3.47. The summed E-state index contributed by atoms with van der Waals surface area (Å²) < 4.78 is 13.2. The van der Waals surface area contributed by atoms with E-state index >= 15 is 0 Å². The smallest absolute Gasteiger partial charge is 0.143 e. The standard InChI is InChI=1S/C12H13FN2/c1-9(2)5-6-15-11-4-3-10(8-14)12(13)7-11/h3-5,7,15H,6H2,1-2H3. The summed E-state index contributed by atoms with van der Waals surface area (Å²) in [6.45, 7) is 4.66. The summed E-state index contributed by atoms with van der Waals surface area (Å²) in [6.07, 6.45) is 2.01. The number of rotatable bonds is 3. The van der Waals surface area contributed by atoms with Crippen molar-refractivity contribution in [2.75, 3.05) is 11.9 Å². The number of hydrogen-bond donors (Lipinski definition) is 1. The maximum absolute atomic E-state index is 13.2. The van der Waals surface area contributed by atoms with Gasteiger partial charge in [0.05, 0.1) is 5.56 Å². The molecule has 0 atom stereocenters. The van der Waals surface area contributed by atoms with E-state index in [9.17, 15) is 4.39 Å². The fourth-order valence-electron chi connectivity index (χ4n) is 1.09. The predicted molar refractivity (Wildman–Crippen MR) is 59.0 cm³/mol. The molecular formula is C12H13FN2. The van der Waals surface area contributed by atoms with Gasteiger partial charge in [0.25, 0.3) is 0 Å². The van der Waals surface area contributed by atoms with Crippen LogP contribution in [-0.2, 0) is 0 Å². The van der Waals surface area contributed by atoms with Crippen LogP contribution in [0.15, 0.2) is 29.8 Å². The van der Waals surface area contributed by atoms with E-state index in [0.29, 0.717) is 12.2 Å². The van der Waals surface area contributed by atoms with Crippen LogP contribution in [0.1, 0.15) is 19.4 Å². The minimum atomic E-state index is -0.486. The highest BCUT2D eigenvalue weighted by Crippen LogP contribution is 2.13. The van der Waals surface area contributed by atoms with Gasteiger partial charge < -0.3 is 5.32 Å². The normalized spacial score (nSPS) is 9.20. The van der Waals surface area contributed by atoms with E-state index in [4.69, 9.17) is 5.26 Å². The Labute approximate surface area is 89.0 Å². The van der Waals surface area contributed by atoms with Crippen LogP contribution in [0.25, 0.3) is 0 Å². The first-order valence-corrected chi connectivity index (χ1v) is 4.70. The molecular weight excluding hydrogens is 191 g/mol. The zero-order chi connectivity index (χ0) is 11.3. The number of allylic oxidation sites excluding steroid dienone is 1. The highest BCUT2D eigenvalue weighted by atomic mass is 19.1.